The second kappa shape index (κ2) is 9.28. The number of aromatic nitrogens is 1. The number of carbonyl (C=O) groups excluding carboxylic acids is 1. The van der Waals surface area contributed by atoms with Crippen LogP contribution >= 0.6 is 0 Å². The first kappa shape index (κ1) is 16.4. The molecular weight excluding hydrogens is 250 g/mol. The number of nitrogens with two attached hydrogens (primary N) is 1. The Morgan fingerprint density at radius 1 is 1.40 bits per heavy atom. The number of rotatable bonds is 6. The Kier molecular flexibility index (Phi) is 7.62. The van der Waals surface area contributed by atoms with Gasteiger partial charge in [0.15, 0.2) is 0 Å². The number of aldehydes is 1. The second-order valence-corrected chi connectivity index (χ2v) is 4.80. The predicted octanol–water partition coefficient (Wildman–Crippen LogP) is 2.24. The lowest BCUT2D eigenvalue weighted by atomic mass is 10.1. The van der Waals surface area contributed by atoms with Gasteiger partial charge in [0.25, 0.3) is 0 Å². The van der Waals surface area contributed by atoms with E-state index in [4.69, 9.17) is 5.73 Å². The Labute approximate surface area is 120 Å². The summed E-state index contributed by atoms with van der Waals surface area (Å²) in [6, 6.07) is 8.18. The highest BCUT2D eigenvalue weighted by Gasteiger charge is 2.00. The SMILES string of the molecule is CCCC(N)C=O.CNCCc1c[nH]c2ccccc12. The highest BCUT2D eigenvalue weighted by atomic mass is 16.1. The van der Waals surface area contributed by atoms with Gasteiger partial charge in [-0.2, -0.15) is 0 Å². The van der Waals surface area contributed by atoms with E-state index in [0.29, 0.717) is 0 Å². The number of aromatic amines is 1. The lowest BCUT2D eigenvalue weighted by Gasteiger charge is -1.97. The Morgan fingerprint density at radius 3 is 2.75 bits per heavy atom. The van der Waals surface area contributed by atoms with Gasteiger partial charge in [-0.1, -0.05) is 31.5 Å². The molecule has 0 saturated carbocycles. The van der Waals surface area contributed by atoms with Crippen LogP contribution in [0.1, 0.15) is 25.3 Å². The number of nitrogens with one attached hydrogen (secondary N) is 2. The molecule has 0 radical (unpaired) electrons. The van der Waals surface area contributed by atoms with Gasteiger partial charge in [-0.05, 0) is 38.1 Å². The lowest BCUT2D eigenvalue weighted by molar-refractivity contribution is -0.109. The molecule has 4 N–H and O–H groups in total. The van der Waals surface area contributed by atoms with Crippen LogP contribution in [0.5, 0.6) is 0 Å². The van der Waals surface area contributed by atoms with E-state index in [0.717, 1.165) is 32.1 Å². The van der Waals surface area contributed by atoms with Gasteiger partial charge in [0, 0.05) is 17.1 Å². The number of H-pyrrole nitrogens is 1. The number of para-hydroxylation sites is 1. The smallest absolute Gasteiger partial charge is 0.136 e. The quantitative estimate of drug-likeness (QED) is 0.708. The fraction of sp³-hybridized carbons (Fsp3) is 0.438. The van der Waals surface area contributed by atoms with Crippen molar-refractivity contribution in [3.63, 3.8) is 0 Å². The van der Waals surface area contributed by atoms with E-state index >= 15 is 0 Å². The van der Waals surface area contributed by atoms with Crippen molar-refractivity contribution in [3.05, 3.63) is 36.0 Å². The molecule has 1 unspecified atom stereocenters. The summed E-state index contributed by atoms with van der Waals surface area (Å²) in [6.45, 7) is 3.03. The maximum absolute atomic E-state index is 9.77. The highest BCUT2D eigenvalue weighted by Crippen LogP contribution is 2.17. The zero-order valence-electron chi connectivity index (χ0n) is 12.4. The van der Waals surface area contributed by atoms with Crippen LogP contribution in [0.25, 0.3) is 10.9 Å². The van der Waals surface area contributed by atoms with Crippen molar-refractivity contribution in [2.45, 2.75) is 32.2 Å². The summed E-state index contributed by atoms with van der Waals surface area (Å²) in [7, 11) is 1.98. The van der Waals surface area contributed by atoms with E-state index in [1.807, 2.05) is 14.0 Å². The molecule has 0 aliphatic heterocycles. The largest absolute Gasteiger partial charge is 0.361 e. The van der Waals surface area contributed by atoms with Crippen molar-refractivity contribution in [3.8, 4) is 0 Å². The third-order valence-corrected chi connectivity index (χ3v) is 3.12. The number of hydrogen-bond donors (Lipinski definition) is 3. The predicted molar refractivity (Wildman–Crippen MR) is 84.9 cm³/mol. The second-order valence-electron chi connectivity index (χ2n) is 4.80. The van der Waals surface area contributed by atoms with Crippen molar-refractivity contribution in [2.75, 3.05) is 13.6 Å². The Hall–Kier alpha value is -1.65. The first-order valence-corrected chi connectivity index (χ1v) is 7.13. The van der Waals surface area contributed by atoms with Gasteiger partial charge in [-0.3, -0.25) is 0 Å². The van der Waals surface area contributed by atoms with Crippen LogP contribution in [0.4, 0.5) is 0 Å². The average molecular weight is 275 g/mol. The first-order chi connectivity index (χ1) is 9.72. The van der Waals surface area contributed by atoms with Crippen molar-refractivity contribution in [2.24, 2.45) is 5.73 Å². The van der Waals surface area contributed by atoms with Gasteiger partial charge in [0.05, 0.1) is 6.04 Å². The Bertz CT molecular complexity index is 507. The molecule has 20 heavy (non-hydrogen) atoms. The van der Waals surface area contributed by atoms with Gasteiger partial charge >= 0.3 is 0 Å². The molecule has 0 aliphatic carbocycles. The number of carbonyl (C=O) groups is 1. The fourth-order valence-corrected chi connectivity index (χ4v) is 2.00. The number of fused-ring (bicyclic) bond motifs is 1. The molecule has 1 heterocycles. The van der Waals surface area contributed by atoms with Crippen LogP contribution in [0.3, 0.4) is 0 Å². The highest BCUT2D eigenvalue weighted by molar-refractivity contribution is 5.83. The molecule has 2 rings (SSSR count). The van der Waals surface area contributed by atoms with Gasteiger partial charge < -0.3 is 20.8 Å². The normalized spacial score (nSPS) is 11.8. The average Bonchev–Trinajstić information content (AvgIpc) is 2.89. The third-order valence-electron chi connectivity index (χ3n) is 3.12. The molecule has 0 aliphatic rings. The minimum atomic E-state index is -0.231. The zero-order chi connectivity index (χ0) is 14.8. The van der Waals surface area contributed by atoms with Crippen molar-refractivity contribution in [1.82, 2.24) is 10.3 Å². The molecule has 0 saturated heterocycles. The third kappa shape index (κ3) is 5.15. The van der Waals surface area contributed by atoms with E-state index in [2.05, 4.69) is 40.8 Å². The molecule has 0 fully saturated rings. The van der Waals surface area contributed by atoms with E-state index in [9.17, 15) is 4.79 Å². The van der Waals surface area contributed by atoms with Gasteiger partial charge in [-0.25, -0.2) is 0 Å². The lowest BCUT2D eigenvalue weighted by Crippen LogP contribution is -2.20. The van der Waals surface area contributed by atoms with Crippen LogP contribution in [0.2, 0.25) is 0 Å². The summed E-state index contributed by atoms with van der Waals surface area (Å²) in [5, 5.41) is 4.50. The fourth-order valence-electron chi connectivity index (χ4n) is 2.00. The summed E-state index contributed by atoms with van der Waals surface area (Å²) in [6.07, 6.45) is 5.76. The maximum Gasteiger partial charge on any atom is 0.136 e. The molecule has 4 nitrogen and oxygen atoms in total. The summed E-state index contributed by atoms with van der Waals surface area (Å²) in [4.78, 5) is 13.0. The van der Waals surface area contributed by atoms with Crippen LogP contribution in [0.15, 0.2) is 30.5 Å². The summed E-state index contributed by atoms with van der Waals surface area (Å²) in [5.41, 5.74) is 7.84. The Balaban J connectivity index is 0.000000246. The minimum Gasteiger partial charge on any atom is -0.361 e. The van der Waals surface area contributed by atoms with Crippen LogP contribution < -0.4 is 11.1 Å². The molecule has 1 atom stereocenters. The molecule has 2 aromatic rings. The molecule has 1 aromatic heterocycles. The molecule has 1 aromatic carbocycles. The molecule has 0 amide bonds. The number of likely N-dealkylation sites (N-methyl/N-ethyl adjacent to an activating group) is 1. The first-order valence-electron chi connectivity index (χ1n) is 7.13. The van der Waals surface area contributed by atoms with Crippen molar-refractivity contribution < 1.29 is 4.79 Å². The van der Waals surface area contributed by atoms with E-state index in [-0.39, 0.29) is 6.04 Å². The molecule has 110 valence electrons. The molecular formula is C16H25N3O. The molecule has 0 bridgehead atoms. The van der Waals surface area contributed by atoms with Gasteiger partial charge in [0.1, 0.15) is 6.29 Å². The van der Waals surface area contributed by atoms with E-state index < -0.39 is 0 Å². The van der Waals surface area contributed by atoms with Crippen LogP contribution in [-0.2, 0) is 11.2 Å². The summed E-state index contributed by atoms with van der Waals surface area (Å²) in [5.74, 6) is 0. The van der Waals surface area contributed by atoms with Crippen LogP contribution in [0, 0.1) is 0 Å². The topological polar surface area (TPSA) is 70.9 Å². The van der Waals surface area contributed by atoms with Crippen molar-refractivity contribution in [1.29, 1.82) is 0 Å². The molecule has 0 spiro atoms. The van der Waals surface area contributed by atoms with Gasteiger partial charge in [0.2, 0.25) is 0 Å². The monoisotopic (exact) mass is 275 g/mol. The van der Waals surface area contributed by atoms with E-state index in [1.54, 1.807) is 0 Å². The minimum absolute atomic E-state index is 0.231. The number of hydrogen-bond acceptors (Lipinski definition) is 3. The number of benzene rings is 1. The van der Waals surface area contributed by atoms with Gasteiger partial charge in [-0.15, -0.1) is 0 Å². The summed E-state index contributed by atoms with van der Waals surface area (Å²) >= 11 is 0. The van der Waals surface area contributed by atoms with Crippen molar-refractivity contribution >= 4 is 17.2 Å². The summed E-state index contributed by atoms with van der Waals surface area (Å²) < 4.78 is 0. The van der Waals surface area contributed by atoms with E-state index in [1.165, 1.54) is 16.5 Å². The Morgan fingerprint density at radius 2 is 2.15 bits per heavy atom. The zero-order valence-corrected chi connectivity index (χ0v) is 12.4. The van der Waals surface area contributed by atoms with Crippen LogP contribution in [-0.4, -0.2) is 30.9 Å². The molecule has 4 heteroatoms. The standard InChI is InChI=1S/C11H14N2.C5H11NO/c1-12-7-6-9-8-13-11-5-3-2-4-10(9)11;1-2-3-5(6)4-7/h2-5,8,12-13H,6-7H2,1H3;4-5H,2-3,6H2,1H3. The maximum atomic E-state index is 9.77.